The number of carbonyl (C=O) groups excluding carboxylic acids is 1. The molecule has 0 aliphatic heterocycles. The summed E-state index contributed by atoms with van der Waals surface area (Å²) in [4.78, 5) is 14.7. The van der Waals surface area contributed by atoms with Gasteiger partial charge < -0.3 is 15.0 Å². The van der Waals surface area contributed by atoms with Crippen molar-refractivity contribution in [2.24, 2.45) is 0 Å². The van der Waals surface area contributed by atoms with Crippen LogP contribution < -0.4 is 19.3 Å². The summed E-state index contributed by atoms with van der Waals surface area (Å²) in [6.07, 6.45) is 1.63. The largest absolute Gasteiger partial charge is 0.497 e. The van der Waals surface area contributed by atoms with Gasteiger partial charge in [0.05, 0.1) is 17.7 Å². The number of hydrogen-bond donors (Lipinski definition) is 1. The Morgan fingerprint density at radius 2 is 1.56 bits per heavy atom. The van der Waals surface area contributed by atoms with Gasteiger partial charge in [-0.1, -0.05) is 18.2 Å². The smallest absolute Gasteiger partial charge is 0.264 e. The van der Waals surface area contributed by atoms with Gasteiger partial charge in [0.1, 0.15) is 5.75 Å². The van der Waals surface area contributed by atoms with Gasteiger partial charge in [0.25, 0.3) is 15.9 Å². The topological polar surface area (TPSA) is 78.9 Å². The lowest BCUT2D eigenvalue weighted by Gasteiger charge is -2.20. The minimum atomic E-state index is -3.83. The molecule has 8 heteroatoms. The van der Waals surface area contributed by atoms with E-state index in [2.05, 4.69) is 29.6 Å². The van der Waals surface area contributed by atoms with E-state index >= 15 is 0 Å². The van der Waals surface area contributed by atoms with Gasteiger partial charge in [-0.05, 0) is 73.0 Å². The number of rotatable bonds is 10. The molecule has 0 saturated heterocycles. The summed E-state index contributed by atoms with van der Waals surface area (Å²) in [5, 5.41) is 2.88. The van der Waals surface area contributed by atoms with Crippen LogP contribution in [0.25, 0.3) is 0 Å². The molecule has 0 spiro atoms. The Morgan fingerprint density at radius 1 is 0.912 bits per heavy atom. The van der Waals surface area contributed by atoms with Crippen LogP contribution in [0, 0.1) is 0 Å². The first-order chi connectivity index (χ1) is 16.2. The zero-order valence-electron chi connectivity index (χ0n) is 20.0. The van der Waals surface area contributed by atoms with Crippen molar-refractivity contribution >= 4 is 27.3 Å². The second-order valence-corrected chi connectivity index (χ2v) is 10.1. The van der Waals surface area contributed by atoms with E-state index < -0.39 is 10.0 Å². The third kappa shape index (κ3) is 6.08. The highest BCUT2D eigenvalue weighted by molar-refractivity contribution is 7.92. The average molecular weight is 482 g/mol. The van der Waals surface area contributed by atoms with E-state index in [1.165, 1.54) is 29.0 Å². The van der Waals surface area contributed by atoms with Crippen molar-refractivity contribution in [3.05, 3.63) is 83.9 Å². The van der Waals surface area contributed by atoms with E-state index in [1.54, 1.807) is 43.5 Å². The zero-order chi connectivity index (χ0) is 24.7. The molecular weight excluding hydrogens is 450 g/mol. The van der Waals surface area contributed by atoms with Gasteiger partial charge in [-0.15, -0.1) is 0 Å². The lowest BCUT2D eigenvalue weighted by molar-refractivity contribution is 0.0953. The SMILES string of the molecule is COc1ccc(N(C)S(=O)(=O)c2cccc(C(=O)NCCCc3ccc(N(C)C)cc3)c2)cc1. The minimum Gasteiger partial charge on any atom is -0.497 e. The molecule has 0 atom stereocenters. The van der Waals surface area contributed by atoms with Gasteiger partial charge >= 0.3 is 0 Å². The molecule has 0 aliphatic carbocycles. The maximum atomic E-state index is 13.1. The van der Waals surface area contributed by atoms with Crippen LogP contribution in [0.5, 0.6) is 5.75 Å². The standard InChI is InChI=1S/C26H31N3O4S/c1-28(2)22-12-10-20(11-13-22)7-6-18-27-26(30)21-8-5-9-25(19-21)34(31,32)29(3)23-14-16-24(33-4)17-15-23/h5,8-17,19H,6-7,18H2,1-4H3,(H,27,30). The molecule has 0 aliphatic rings. The molecule has 34 heavy (non-hydrogen) atoms. The lowest BCUT2D eigenvalue weighted by atomic mass is 10.1. The number of sulfonamides is 1. The second-order valence-electron chi connectivity index (χ2n) is 8.12. The third-order valence-corrected chi connectivity index (χ3v) is 7.35. The van der Waals surface area contributed by atoms with E-state index in [1.807, 2.05) is 19.0 Å². The minimum absolute atomic E-state index is 0.0550. The summed E-state index contributed by atoms with van der Waals surface area (Å²) in [6, 6.07) is 21.1. The maximum absolute atomic E-state index is 13.1. The van der Waals surface area contributed by atoms with Crippen molar-refractivity contribution in [2.45, 2.75) is 17.7 Å². The van der Waals surface area contributed by atoms with Gasteiger partial charge in [-0.2, -0.15) is 0 Å². The summed E-state index contributed by atoms with van der Waals surface area (Å²) >= 11 is 0. The van der Waals surface area contributed by atoms with Gasteiger partial charge in [0.2, 0.25) is 0 Å². The predicted molar refractivity (Wildman–Crippen MR) is 136 cm³/mol. The van der Waals surface area contributed by atoms with Gasteiger partial charge in [0.15, 0.2) is 0 Å². The molecule has 7 nitrogen and oxygen atoms in total. The van der Waals surface area contributed by atoms with Crippen LogP contribution in [0.2, 0.25) is 0 Å². The van der Waals surface area contributed by atoms with Gasteiger partial charge in [-0.3, -0.25) is 9.10 Å². The molecule has 0 unspecified atom stereocenters. The van der Waals surface area contributed by atoms with Crippen molar-refractivity contribution in [3.8, 4) is 5.75 Å². The number of methoxy groups -OCH3 is 1. The number of aryl methyl sites for hydroxylation is 1. The van der Waals surface area contributed by atoms with Crippen molar-refractivity contribution in [2.75, 3.05) is 44.0 Å². The molecule has 1 N–H and O–H groups in total. The highest BCUT2D eigenvalue weighted by atomic mass is 32.2. The number of anilines is 2. The first kappa shape index (κ1) is 25.1. The highest BCUT2D eigenvalue weighted by Gasteiger charge is 2.22. The van der Waals surface area contributed by atoms with E-state index in [9.17, 15) is 13.2 Å². The fourth-order valence-corrected chi connectivity index (χ4v) is 4.69. The Kier molecular flexibility index (Phi) is 8.17. The first-order valence-electron chi connectivity index (χ1n) is 11.0. The molecule has 0 saturated carbocycles. The molecule has 1 amide bonds. The molecule has 0 radical (unpaired) electrons. The lowest BCUT2D eigenvalue weighted by Crippen LogP contribution is -2.28. The van der Waals surface area contributed by atoms with Crippen LogP contribution >= 0.6 is 0 Å². The number of carbonyl (C=O) groups is 1. The monoisotopic (exact) mass is 481 g/mol. The fraction of sp³-hybridized carbons (Fsp3) is 0.269. The average Bonchev–Trinajstić information content (AvgIpc) is 2.86. The Balaban J connectivity index is 1.60. The predicted octanol–water partition coefficient (Wildman–Crippen LogP) is 3.95. The molecule has 0 fully saturated rings. The van der Waals surface area contributed by atoms with Crippen molar-refractivity contribution in [1.82, 2.24) is 5.32 Å². The van der Waals surface area contributed by atoms with Crippen LogP contribution in [-0.4, -0.2) is 49.1 Å². The summed E-state index contributed by atoms with van der Waals surface area (Å²) in [7, 11) is 3.21. The molecule has 0 heterocycles. The normalized spacial score (nSPS) is 11.1. The van der Waals surface area contributed by atoms with Crippen LogP contribution in [0.4, 0.5) is 11.4 Å². The summed E-state index contributed by atoms with van der Waals surface area (Å²) < 4.78 is 32.5. The molecule has 3 aromatic carbocycles. The van der Waals surface area contributed by atoms with E-state index in [-0.39, 0.29) is 10.8 Å². The zero-order valence-corrected chi connectivity index (χ0v) is 20.8. The molecular formula is C26H31N3O4S. The Hall–Kier alpha value is -3.52. The van der Waals surface area contributed by atoms with Crippen LogP contribution in [0.15, 0.2) is 77.7 Å². The number of hydrogen-bond acceptors (Lipinski definition) is 5. The first-order valence-corrected chi connectivity index (χ1v) is 12.4. The second kappa shape index (κ2) is 11.1. The van der Waals surface area contributed by atoms with Crippen LogP contribution in [0.1, 0.15) is 22.3 Å². The van der Waals surface area contributed by atoms with Crippen LogP contribution in [0.3, 0.4) is 0 Å². The number of amides is 1. The molecule has 180 valence electrons. The summed E-state index contributed by atoms with van der Waals surface area (Å²) in [5.74, 6) is 0.339. The van der Waals surface area contributed by atoms with E-state index in [4.69, 9.17) is 4.74 Å². The van der Waals surface area contributed by atoms with Gasteiger partial charge in [0, 0.05) is 38.9 Å². The Morgan fingerprint density at radius 3 is 2.18 bits per heavy atom. The number of benzene rings is 3. The Labute approximate surface area is 202 Å². The highest BCUT2D eigenvalue weighted by Crippen LogP contribution is 2.24. The molecule has 0 bridgehead atoms. The quantitative estimate of drug-likeness (QED) is 0.444. The molecule has 0 aromatic heterocycles. The van der Waals surface area contributed by atoms with Crippen molar-refractivity contribution in [3.63, 3.8) is 0 Å². The van der Waals surface area contributed by atoms with Crippen molar-refractivity contribution < 1.29 is 17.9 Å². The third-order valence-electron chi connectivity index (χ3n) is 5.57. The summed E-state index contributed by atoms with van der Waals surface area (Å²) in [5.41, 5.74) is 3.15. The fourth-order valence-electron chi connectivity index (χ4n) is 3.44. The van der Waals surface area contributed by atoms with Crippen molar-refractivity contribution in [1.29, 1.82) is 0 Å². The van der Waals surface area contributed by atoms with E-state index in [0.29, 0.717) is 23.5 Å². The summed E-state index contributed by atoms with van der Waals surface area (Å²) in [6.45, 7) is 0.497. The molecule has 3 aromatic rings. The van der Waals surface area contributed by atoms with Gasteiger partial charge in [-0.25, -0.2) is 8.42 Å². The van der Waals surface area contributed by atoms with E-state index in [0.717, 1.165) is 18.5 Å². The number of nitrogens with zero attached hydrogens (tertiary/aromatic N) is 2. The maximum Gasteiger partial charge on any atom is 0.264 e. The number of nitrogens with one attached hydrogen (secondary N) is 1. The molecule has 3 rings (SSSR count). The Bertz CT molecular complexity index is 1210. The van der Waals surface area contributed by atoms with Crippen LogP contribution in [-0.2, 0) is 16.4 Å². The number of ether oxygens (including phenoxy) is 1.